The Kier molecular flexibility index (Phi) is 9.07. The van der Waals surface area contributed by atoms with Gasteiger partial charge < -0.3 is 14.8 Å². The molecule has 1 N–H and O–H groups in total. The summed E-state index contributed by atoms with van der Waals surface area (Å²) in [6, 6.07) is 4.82. The summed E-state index contributed by atoms with van der Waals surface area (Å²) in [6.45, 7) is 3.81. The van der Waals surface area contributed by atoms with Gasteiger partial charge in [0, 0.05) is 36.6 Å². The van der Waals surface area contributed by atoms with Crippen molar-refractivity contribution in [2.75, 3.05) is 6.61 Å². The molecule has 37 heavy (non-hydrogen) atoms. The molecule has 15 heteroatoms. The first-order valence-electron chi connectivity index (χ1n) is 11.1. The fourth-order valence-electron chi connectivity index (χ4n) is 3.61. The van der Waals surface area contributed by atoms with Crippen molar-refractivity contribution in [2.45, 2.75) is 51.4 Å². The number of nitro benzene ring substituents is 1. The van der Waals surface area contributed by atoms with E-state index in [1.165, 1.54) is 61.5 Å². The predicted octanol–water partition coefficient (Wildman–Crippen LogP) is 1.90. The van der Waals surface area contributed by atoms with E-state index < -0.39 is 44.5 Å². The molecular formula is C22H25N3O10S2. The van der Waals surface area contributed by atoms with Crippen LogP contribution in [0.3, 0.4) is 0 Å². The second kappa shape index (κ2) is 11.9. The fraction of sp³-hybridized carbons (Fsp3) is 0.409. The van der Waals surface area contributed by atoms with E-state index in [9.17, 15) is 32.9 Å². The van der Waals surface area contributed by atoms with Crippen LogP contribution in [-0.4, -0.2) is 60.2 Å². The largest absolute Gasteiger partial charge is 0.456 e. The first-order chi connectivity index (χ1) is 17.5. The highest BCUT2D eigenvalue weighted by atomic mass is 32.2. The number of hydrogen-bond acceptors (Lipinski definition) is 11. The Hall–Kier alpha value is -3.27. The Morgan fingerprint density at radius 1 is 1.32 bits per heavy atom. The van der Waals surface area contributed by atoms with Gasteiger partial charge in [0.25, 0.3) is 21.7 Å². The standard InChI is InChI=1S/C22H25N3O10S2/c1-4-34-37(31,32)14(3)35-20-17-11-18(36-10-9-23-13(2)26)19(24(17)21(20)27)22(28)33-12-15-5-7-16(8-6-15)25(29)30/h5-10,14,17,20H,4,11-12H2,1-3H3,(H,23,26)/b10-9+/t14-,17+,20+/m0/s1. The van der Waals surface area contributed by atoms with Crippen molar-refractivity contribution < 1.29 is 41.4 Å². The van der Waals surface area contributed by atoms with Crippen molar-refractivity contribution in [2.24, 2.45) is 0 Å². The van der Waals surface area contributed by atoms with Crippen LogP contribution >= 0.6 is 11.8 Å². The van der Waals surface area contributed by atoms with Crippen LogP contribution in [0.25, 0.3) is 0 Å². The summed E-state index contributed by atoms with van der Waals surface area (Å²) >= 11 is 1.09. The third kappa shape index (κ3) is 6.54. The van der Waals surface area contributed by atoms with Crippen molar-refractivity contribution in [3.05, 3.63) is 62.2 Å². The monoisotopic (exact) mass is 555 g/mol. The van der Waals surface area contributed by atoms with E-state index in [4.69, 9.17) is 13.7 Å². The Labute approximate surface area is 217 Å². The topological polar surface area (TPSA) is 171 Å². The summed E-state index contributed by atoms with van der Waals surface area (Å²) in [4.78, 5) is 48.9. The number of hydrogen-bond donors (Lipinski definition) is 1. The number of fused-ring (bicyclic) bond motifs is 1. The molecule has 0 aromatic heterocycles. The zero-order valence-corrected chi connectivity index (χ0v) is 21.7. The van der Waals surface area contributed by atoms with Gasteiger partial charge in [-0.05, 0) is 37.0 Å². The number of β-lactam (4-membered cyclic amide) rings is 1. The van der Waals surface area contributed by atoms with E-state index in [0.29, 0.717) is 10.5 Å². The first-order valence-corrected chi connectivity index (χ1v) is 13.4. The summed E-state index contributed by atoms with van der Waals surface area (Å²) in [5.74, 6) is -1.71. The second-order valence-electron chi connectivity index (χ2n) is 7.90. The van der Waals surface area contributed by atoms with Gasteiger partial charge in [0.1, 0.15) is 12.3 Å². The van der Waals surface area contributed by atoms with E-state index in [1.807, 2.05) is 0 Å². The molecule has 2 aliphatic rings. The lowest BCUT2D eigenvalue weighted by molar-refractivity contribution is -0.384. The third-order valence-electron chi connectivity index (χ3n) is 5.36. The van der Waals surface area contributed by atoms with Crippen molar-refractivity contribution in [3.63, 3.8) is 0 Å². The number of nitrogens with zero attached hydrogens (tertiary/aromatic N) is 2. The van der Waals surface area contributed by atoms with Gasteiger partial charge in [-0.15, -0.1) is 0 Å². The zero-order chi connectivity index (χ0) is 27.3. The van der Waals surface area contributed by atoms with Gasteiger partial charge in [-0.2, -0.15) is 8.42 Å². The maximum Gasteiger partial charge on any atom is 0.356 e. The van der Waals surface area contributed by atoms with Crippen molar-refractivity contribution in [1.29, 1.82) is 0 Å². The number of benzene rings is 1. The van der Waals surface area contributed by atoms with Crippen molar-refractivity contribution >= 4 is 45.4 Å². The van der Waals surface area contributed by atoms with Gasteiger partial charge in [0.15, 0.2) is 11.5 Å². The van der Waals surface area contributed by atoms with Crippen LogP contribution in [-0.2, 0) is 44.8 Å². The molecule has 0 saturated carbocycles. The molecule has 1 aromatic rings. The number of ether oxygens (including phenoxy) is 2. The Balaban J connectivity index is 1.75. The predicted molar refractivity (Wildman–Crippen MR) is 131 cm³/mol. The minimum Gasteiger partial charge on any atom is -0.456 e. The summed E-state index contributed by atoms with van der Waals surface area (Å²) in [5.41, 5.74) is -1.04. The van der Waals surface area contributed by atoms with Crippen LogP contribution < -0.4 is 5.32 Å². The van der Waals surface area contributed by atoms with Crippen molar-refractivity contribution in [3.8, 4) is 0 Å². The molecule has 3 atom stereocenters. The van der Waals surface area contributed by atoms with E-state index >= 15 is 0 Å². The quantitative estimate of drug-likeness (QED) is 0.131. The minimum atomic E-state index is -4.05. The molecule has 1 fully saturated rings. The molecule has 3 rings (SSSR count). The molecule has 0 bridgehead atoms. The highest BCUT2D eigenvalue weighted by molar-refractivity contribution is 8.05. The van der Waals surface area contributed by atoms with Crippen LogP contribution in [0.4, 0.5) is 5.69 Å². The maximum atomic E-state index is 13.0. The van der Waals surface area contributed by atoms with Crippen molar-refractivity contribution in [1.82, 2.24) is 10.2 Å². The smallest absolute Gasteiger partial charge is 0.356 e. The molecule has 200 valence electrons. The molecule has 2 aliphatic heterocycles. The van der Waals surface area contributed by atoms with Crippen LogP contribution in [0, 0.1) is 10.1 Å². The van der Waals surface area contributed by atoms with E-state index in [0.717, 1.165) is 11.8 Å². The zero-order valence-electron chi connectivity index (χ0n) is 20.1. The first kappa shape index (κ1) is 28.3. The number of esters is 1. The molecular weight excluding hydrogens is 530 g/mol. The van der Waals surface area contributed by atoms with Gasteiger partial charge in [-0.3, -0.25) is 28.8 Å². The van der Waals surface area contributed by atoms with Crippen LogP contribution in [0.5, 0.6) is 0 Å². The lowest BCUT2D eigenvalue weighted by Crippen LogP contribution is -2.64. The molecule has 1 aromatic carbocycles. The summed E-state index contributed by atoms with van der Waals surface area (Å²) in [5, 5.41) is 14.8. The average Bonchev–Trinajstić information content (AvgIpc) is 3.18. The van der Waals surface area contributed by atoms with Gasteiger partial charge >= 0.3 is 5.97 Å². The highest BCUT2D eigenvalue weighted by Gasteiger charge is 2.57. The van der Waals surface area contributed by atoms with E-state index in [-0.39, 0.29) is 36.9 Å². The van der Waals surface area contributed by atoms with E-state index in [1.54, 1.807) is 0 Å². The lowest BCUT2D eigenvalue weighted by atomic mass is 9.98. The summed E-state index contributed by atoms with van der Waals surface area (Å²) < 4.78 is 39.8. The molecule has 0 aliphatic carbocycles. The molecule has 1 saturated heterocycles. The number of carbonyl (C=O) groups excluding carboxylic acids is 3. The Morgan fingerprint density at radius 3 is 2.59 bits per heavy atom. The van der Waals surface area contributed by atoms with Crippen LogP contribution in [0.1, 0.15) is 32.8 Å². The number of amides is 2. The summed E-state index contributed by atoms with van der Waals surface area (Å²) in [7, 11) is -4.05. The Bertz CT molecular complexity index is 1240. The number of carbonyl (C=O) groups is 3. The molecule has 2 amide bonds. The van der Waals surface area contributed by atoms with E-state index in [2.05, 4.69) is 5.32 Å². The van der Waals surface area contributed by atoms with Gasteiger partial charge in [0.05, 0.1) is 17.6 Å². The SMILES string of the molecule is CCOS(=O)(=O)[C@@H](C)O[C@H]1C(=O)N2C(C(=O)OCc3ccc([N+](=O)[O-])cc3)=C(S/C=C/NC(C)=O)C[C@H]12. The number of nitrogens with one attached hydrogen (secondary N) is 1. The lowest BCUT2D eigenvalue weighted by Gasteiger charge is -2.43. The molecule has 13 nitrogen and oxygen atoms in total. The maximum absolute atomic E-state index is 13.0. The number of thioether (sulfide) groups is 1. The van der Waals surface area contributed by atoms with Crippen LogP contribution in [0.2, 0.25) is 0 Å². The fourth-order valence-corrected chi connectivity index (χ4v) is 5.25. The number of non-ortho nitro benzene ring substituents is 1. The summed E-state index contributed by atoms with van der Waals surface area (Å²) in [6.07, 6.45) is 0.455. The highest BCUT2D eigenvalue weighted by Crippen LogP contribution is 2.45. The van der Waals surface area contributed by atoms with Gasteiger partial charge in [0.2, 0.25) is 5.91 Å². The number of rotatable bonds is 12. The molecule has 0 radical (unpaired) electrons. The third-order valence-corrected chi connectivity index (χ3v) is 7.77. The molecule has 0 unspecified atom stereocenters. The number of nitro groups is 1. The normalized spacial score (nSPS) is 20.0. The van der Waals surface area contributed by atoms with Crippen LogP contribution in [0.15, 0.2) is 46.5 Å². The Morgan fingerprint density at radius 2 is 2.00 bits per heavy atom. The average molecular weight is 556 g/mol. The van der Waals surface area contributed by atoms with Gasteiger partial charge in [-0.25, -0.2) is 4.79 Å². The van der Waals surface area contributed by atoms with Gasteiger partial charge in [-0.1, -0.05) is 11.8 Å². The molecule has 2 heterocycles. The molecule has 0 spiro atoms. The minimum absolute atomic E-state index is 0.0189. The second-order valence-corrected chi connectivity index (χ2v) is 10.8.